The van der Waals surface area contributed by atoms with E-state index in [1.54, 1.807) is 12.3 Å². The molecule has 2 heterocycles. The number of hydrogen-bond acceptors (Lipinski definition) is 5. The molecule has 0 spiro atoms. The molecule has 1 aliphatic heterocycles. The zero-order chi connectivity index (χ0) is 23.4. The highest BCUT2D eigenvalue weighted by Crippen LogP contribution is 2.36. The van der Waals surface area contributed by atoms with Crippen molar-refractivity contribution >= 4 is 34.3 Å². The summed E-state index contributed by atoms with van der Waals surface area (Å²) in [5.41, 5.74) is 12.7. The highest BCUT2D eigenvalue weighted by molar-refractivity contribution is 6.48. The summed E-state index contributed by atoms with van der Waals surface area (Å²) in [5.74, 6) is 0.643. The number of nitrogens with two attached hydrogens (primary N) is 1. The largest absolute Gasteiger partial charge is 0.398 e. The molecule has 5 nitrogen and oxygen atoms in total. The van der Waals surface area contributed by atoms with Gasteiger partial charge in [-0.15, -0.1) is 0 Å². The maximum Gasteiger partial charge on any atom is 0.0844 e. The van der Waals surface area contributed by atoms with Crippen LogP contribution in [0.3, 0.4) is 0 Å². The number of aromatic nitrogens is 1. The first-order chi connectivity index (χ1) is 15.2. The number of pyridine rings is 1. The van der Waals surface area contributed by atoms with Gasteiger partial charge in [0.1, 0.15) is 0 Å². The quantitative estimate of drug-likeness (QED) is 0.408. The molecule has 2 unspecified atom stereocenters. The molecule has 6 heteroatoms. The van der Waals surface area contributed by atoms with Gasteiger partial charge < -0.3 is 10.6 Å². The van der Waals surface area contributed by atoms with Crippen molar-refractivity contribution in [3.05, 3.63) is 64.1 Å². The third-order valence-corrected chi connectivity index (χ3v) is 6.91. The molecule has 1 aliphatic rings. The topological polar surface area (TPSA) is 78.4 Å². The van der Waals surface area contributed by atoms with E-state index in [2.05, 4.69) is 36.8 Å². The van der Waals surface area contributed by atoms with Crippen LogP contribution in [-0.4, -0.2) is 41.4 Å². The van der Waals surface area contributed by atoms with Gasteiger partial charge in [0.2, 0.25) is 0 Å². The molecule has 1 aromatic carbocycles. The molecule has 0 aliphatic carbocycles. The smallest absolute Gasteiger partial charge is 0.0844 e. The predicted octanol–water partition coefficient (Wildman–Crippen LogP) is 5.86. The molecule has 2 aromatic rings. The average molecular weight is 452 g/mol. The highest BCUT2D eigenvalue weighted by Gasteiger charge is 2.28. The van der Waals surface area contributed by atoms with Crippen molar-refractivity contribution in [2.24, 2.45) is 16.8 Å². The van der Waals surface area contributed by atoms with Crippen LogP contribution in [-0.2, 0) is 0 Å². The van der Waals surface area contributed by atoms with Crippen molar-refractivity contribution in [1.29, 1.82) is 5.41 Å². The molecular formula is C26H34ClN5. The van der Waals surface area contributed by atoms with E-state index in [9.17, 15) is 0 Å². The molecule has 1 saturated heterocycles. The van der Waals surface area contributed by atoms with Crippen molar-refractivity contribution in [3.63, 3.8) is 0 Å². The van der Waals surface area contributed by atoms with Gasteiger partial charge in [0.15, 0.2) is 0 Å². The van der Waals surface area contributed by atoms with Gasteiger partial charge in [0.05, 0.1) is 11.4 Å². The summed E-state index contributed by atoms with van der Waals surface area (Å²) in [6.45, 7) is 10.2. The normalized spacial score (nSPS) is 19.1. The molecule has 0 radical (unpaired) electrons. The molecule has 0 saturated carbocycles. The van der Waals surface area contributed by atoms with E-state index in [4.69, 9.17) is 27.7 Å². The second kappa shape index (κ2) is 10.4. The van der Waals surface area contributed by atoms with Crippen molar-refractivity contribution in [1.82, 2.24) is 9.88 Å². The number of nitrogens with one attached hydrogen (secondary N) is 1. The van der Waals surface area contributed by atoms with E-state index in [0.717, 1.165) is 42.8 Å². The van der Waals surface area contributed by atoms with Gasteiger partial charge in [-0.3, -0.25) is 15.4 Å². The van der Waals surface area contributed by atoms with Crippen LogP contribution in [0.5, 0.6) is 0 Å². The Morgan fingerprint density at radius 1 is 1.38 bits per heavy atom. The summed E-state index contributed by atoms with van der Waals surface area (Å²) in [6.07, 6.45) is 5.79. The Morgan fingerprint density at radius 3 is 2.72 bits per heavy atom. The number of nitrogens with zero attached hydrogens (tertiary/aromatic N) is 3. The third-order valence-electron chi connectivity index (χ3n) is 6.50. The van der Waals surface area contributed by atoms with Crippen LogP contribution >= 0.6 is 11.6 Å². The highest BCUT2D eigenvalue weighted by atomic mass is 35.5. The first-order valence-corrected chi connectivity index (χ1v) is 11.6. The van der Waals surface area contributed by atoms with Crippen LogP contribution in [0.1, 0.15) is 50.3 Å². The fraction of sp³-hybridized carbons (Fsp3) is 0.423. The lowest BCUT2D eigenvalue weighted by molar-refractivity contribution is 0.405. The average Bonchev–Trinajstić information content (AvgIpc) is 3.23. The van der Waals surface area contributed by atoms with Gasteiger partial charge in [-0.1, -0.05) is 31.5 Å². The van der Waals surface area contributed by atoms with Gasteiger partial charge in [0, 0.05) is 46.8 Å². The van der Waals surface area contributed by atoms with Crippen molar-refractivity contribution in [2.45, 2.75) is 40.5 Å². The van der Waals surface area contributed by atoms with Crippen LogP contribution in [0.4, 0.5) is 5.69 Å². The second-order valence-corrected chi connectivity index (χ2v) is 9.21. The fourth-order valence-corrected chi connectivity index (χ4v) is 4.46. The zero-order valence-electron chi connectivity index (χ0n) is 19.7. The lowest BCUT2D eigenvalue weighted by Crippen LogP contribution is -2.19. The number of nitrogen functional groups attached to an aromatic ring is 1. The number of rotatable bonds is 7. The van der Waals surface area contributed by atoms with Crippen LogP contribution in [0, 0.1) is 24.2 Å². The van der Waals surface area contributed by atoms with Gasteiger partial charge in [0.25, 0.3) is 0 Å². The molecule has 1 aromatic heterocycles. The summed E-state index contributed by atoms with van der Waals surface area (Å²) in [6, 6.07) is 7.71. The Morgan fingerprint density at radius 2 is 2.12 bits per heavy atom. The summed E-state index contributed by atoms with van der Waals surface area (Å²) >= 11 is 6.22. The Kier molecular flexibility index (Phi) is 7.86. The number of hydrogen-bond donors (Lipinski definition) is 2. The van der Waals surface area contributed by atoms with E-state index in [0.29, 0.717) is 39.5 Å². The number of allylic oxidation sites excluding steroid dienone is 1. The Bertz CT molecular complexity index is 1040. The first kappa shape index (κ1) is 24.1. The molecule has 0 bridgehead atoms. The molecule has 3 N–H and O–H groups in total. The number of benzene rings is 1. The van der Waals surface area contributed by atoms with Crippen LogP contribution in [0.15, 0.2) is 47.3 Å². The van der Waals surface area contributed by atoms with Crippen molar-refractivity contribution in [3.8, 4) is 0 Å². The molecular weight excluding hydrogens is 418 g/mol. The number of halogens is 1. The molecule has 32 heavy (non-hydrogen) atoms. The van der Waals surface area contributed by atoms with Gasteiger partial charge in [-0.25, -0.2) is 0 Å². The number of likely N-dealkylation sites (tertiary alicyclic amines) is 1. The first-order valence-electron chi connectivity index (χ1n) is 11.3. The molecule has 1 fully saturated rings. The van der Waals surface area contributed by atoms with E-state index in [1.165, 1.54) is 5.57 Å². The van der Waals surface area contributed by atoms with Crippen molar-refractivity contribution < 1.29 is 0 Å². The fourth-order valence-electron chi connectivity index (χ4n) is 4.29. The Labute approximate surface area is 196 Å². The van der Waals surface area contributed by atoms with E-state index < -0.39 is 0 Å². The van der Waals surface area contributed by atoms with Gasteiger partial charge in [-0.2, -0.15) is 0 Å². The van der Waals surface area contributed by atoms with E-state index in [1.807, 2.05) is 32.2 Å². The predicted molar refractivity (Wildman–Crippen MR) is 137 cm³/mol. The summed E-state index contributed by atoms with van der Waals surface area (Å²) in [7, 11) is 2.15. The summed E-state index contributed by atoms with van der Waals surface area (Å²) in [4.78, 5) is 11.9. The molecule has 0 amide bonds. The lowest BCUT2D eigenvalue weighted by Gasteiger charge is -2.23. The minimum atomic E-state index is 0.316. The third kappa shape index (κ3) is 5.11. The standard InChI is InChI=1S/C26H34ClN5/c1-6-16(2)23(19-8-7-12-30-14-19)26(20-11-13-32(5)15-20)31-18(4)25(29)21-9-10-22(27)17(3)24(21)28/h7-10,12,14,16,20,29H,6,11,13,15,28H2,1-5H3/b26-23+,29-25?,31-18?. The van der Waals surface area contributed by atoms with Crippen LogP contribution in [0.2, 0.25) is 5.02 Å². The van der Waals surface area contributed by atoms with E-state index >= 15 is 0 Å². The number of aliphatic imine (C=N–C) groups is 1. The second-order valence-electron chi connectivity index (χ2n) is 8.80. The number of anilines is 1. The lowest BCUT2D eigenvalue weighted by atomic mass is 9.86. The van der Waals surface area contributed by atoms with Crippen LogP contribution in [0.25, 0.3) is 5.57 Å². The molecule has 170 valence electrons. The van der Waals surface area contributed by atoms with E-state index in [-0.39, 0.29) is 0 Å². The monoisotopic (exact) mass is 451 g/mol. The maximum absolute atomic E-state index is 8.85. The summed E-state index contributed by atoms with van der Waals surface area (Å²) < 4.78 is 0. The van der Waals surface area contributed by atoms with Gasteiger partial charge in [-0.05, 0) is 81.1 Å². The Hall–Kier alpha value is -2.50. The Balaban J connectivity index is 2.15. The minimum Gasteiger partial charge on any atom is -0.398 e. The SMILES string of the molecule is CCC(C)/C(=C(\N=C(C)C(=N)c1ccc(Cl)c(C)c1N)C1CCN(C)C1)c1cccnc1. The van der Waals surface area contributed by atoms with Gasteiger partial charge >= 0.3 is 0 Å². The summed E-state index contributed by atoms with van der Waals surface area (Å²) in [5, 5.41) is 9.46. The minimum absolute atomic E-state index is 0.316. The van der Waals surface area contributed by atoms with Crippen molar-refractivity contribution in [2.75, 3.05) is 25.9 Å². The molecule has 2 atom stereocenters. The molecule has 3 rings (SSSR count). The zero-order valence-corrected chi connectivity index (χ0v) is 20.5. The maximum atomic E-state index is 8.85. The van der Waals surface area contributed by atoms with Crippen LogP contribution < -0.4 is 5.73 Å².